The Balaban J connectivity index is 1.69. The summed E-state index contributed by atoms with van der Waals surface area (Å²) in [7, 11) is 0. The maximum atomic E-state index is 5.80. The van der Waals surface area contributed by atoms with E-state index in [1.807, 2.05) is 18.2 Å². The second-order valence-corrected chi connectivity index (χ2v) is 5.23. The van der Waals surface area contributed by atoms with Crippen LogP contribution in [0.5, 0.6) is 0 Å². The number of fused-ring (bicyclic) bond motifs is 1. The van der Waals surface area contributed by atoms with Crippen molar-refractivity contribution in [2.45, 2.75) is 6.04 Å². The fourth-order valence-electron chi connectivity index (χ4n) is 2.70. The van der Waals surface area contributed by atoms with E-state index < -0.39 is 0 Å². The average molecular weight is 273 g/mol. The molecule has 0 saturated carbocycles. The zero-order valence-electron chi connectivity index (χ0n) is 11.6. The highest BCUT2D eigenvalue weighted by Crippen LogP contribution is 2.26. The molecule has 0 amide bonds. The number of hydrogen-bond acceptors (Lipinski definition) is 2. The molecule has 1 unspecified atom stereocenters. The number of aliphatic imine (C=N–C) groups is 1. The first kappa shape index (κ1) is 12.2. The first-order chi connectivity index (χ1) is 10.4. The van der Waals surface area contributed by atoms with Crippen LogP contribution >= 0.6 is 0 Å². The topological polar surface area (TPSA) is 21.6 Å². The van der Waals surface area contributed by atoms with E-state index in [9.17, 15) is 0 Å². The minimum Gasteiger partial charge on any atom is -0.475 e. The SMILES string of the molecule is c1ccc(C2COC(c3ccc4ccccc4c3)=N2)cc1. The summed E-state index contributed by atoms with van der Waals surface area (Å²) in [6.07, 6.45) is 0. The molecule has 0 spiro atoms. The summed E-state index contributed by atoms with van der Waals surface area (Å²) >= 11 is 0. The molecule has 1 aliphatic rings. The summed E-state index contributed by atoms with van der Waals surface area (Å²) in [4.78, 5) is 4.73. The Bertz CT molecular complexity index is 808. The smallest absolute Gasteiger partial charge is 0.216 e. The molecule has 0 fully saturated rings. The maximum Gasteiger partial charge on any atom is 0.216 e. The zero-order chi connectivity index (χ0) is 14.1. The second kappa shape index (κ2) is 5.06. The summed E-state index contributed by atoms with van der Waals surface area (Å²) in [5.74, 6) is 0.745. The van der Waals surface area contributed by atoms with Gasteiger partial charge in [0.25, 0.3) is 0 Å². The third kappa shape index (κ3) is 2.29. The van der Waals surface area contributed by atoms with E-state index in [1.165, 1.54) is 16.3 Å². The molecule has 0 radical (unpaired) electrons. The van der Waals surface area contributed by atoms with E-state index in [1.54, 1.807) is 0 Å². The Hall–Kier alpha value is -2.61. The Morgan fingerprint density at radius 2 is 1.57 bits per heavy atom. The lowest BCUT2D eigenvalue weighted by atomic mass is 10.1. The van der Waals surface area contributed by atoms with Gasteiger partial charge in [0.1, 0.15) is 12.6 Å². The lowest BCUT2D eigenvalue weighted by molar-refractivity contribution is 0.320. The van der Waals surface area contributed by atoms with Crippen molar-refractivity contribution in [3.8, 4) is 0 Å². The number of benzene rings is 3. The molecule has 4 rings (SSSR count). The molecule has 102 valence electrons. The highest BCUT2D eigenvalue weighted by molar-refractivity contribution is 5.99. The second-order valence-electron chi connectivity index (χ2n) is 5.23. The fraction of sp³-hybridized carbons (Fsp3) is 0.105. The number of nitrogens with zero attached hydrogens (tertiary/aromatic N) is 1. The van der Waals surface area contributed by atoms with E-state index >= 15 is 0 Å². The van der Waals surface area contributed by atoms with Crippen molar-refractivity contribution in [2.75, 3.05) is 6.61 Å². The molecule has 21 heavy (non-hydrogen) atoms. The molecular formula is C19H15NO. The molecule has 0 saturated heterocycles. The van der Waals surface area contributed by atoms with Crippen LogP contribution in [-0.2, 0) is 4.74 Å². The quantitative estimate of drug-likeness (QED) is 0.680. The predicted molar refractivity (Wildman–Crippen MR) is 85.6 cm³/mol. The van der Waals surface area contributed by atoms with Crippen LogP contribution in [-0.4, -0.2) is 12.5 Å². The normalized spacial score (nSPS) is 17.5. The molecule has 0 bridgehead atoms. The third-order valence-electron chi connectivity index (χ3n) is 3.83. The van der Waals surface area contributed by atoms with Crippen LogP contribution in [0.15, 0.2) is 77.8 Å². The monoisotopic (exact) mass is 273 g/mol. The van der Waals surface area contributed by atoms with E-state index in [-0.39, 0.29) is 6.04 Å². The van der Waals surface area contributed by atoms with E-state index in [2.05, 4.69) is 54.6 Å². The zero-order valence-corrected chi connectivity index (χ0v) is 11.6. The van der Waals surface area contributed by atoms with Crippen molar-refractivity contribution < 1.29 is 4.74 Å². The van der Waals surface area contributed by atoms with Crippen LogP contribution in [0.25, 0.3) is 10.8 Å². The van der Waals surface area contributed by atoms with E-state index in [4.69, 9.17) is 9.73 Å². The van der Waals surface area contributed by atoms with Gasteiger partial charge in [-0.05, 0) is 28.5 Å². The summed E-state index contributed by atoms with van der Waals surface area (Å²) in [6.45, 7) is 0.617. The molecule has 2 nitrogen and oxygen atoms in total. The van der Waals surface area contributed by atoms with Crippen molar-refractivity contribution in [1.29, 1.82) is 0 Å². The Morgan fingerprint density at radius 1 is 0.810 bits per heavy atom. The highest BCUT2D eigenvalue weighted by Gasteiger charge is 2.21. The van der Waals surface area contributed by atoms with E-state index in [0.29, 0.717) is 6.61 Å². The molecule has 1 aliphatic heterocycles. The van der Waals surface area contributed by atoms with Crippen molar-refractivity contribution in [3.63, 3.8) is 0 Å². The molecule has 3 aromatic carbocycles. The summed E-state index contributed by atoms with van der Waals surface area (Å²) in [5, 5.41) is 2.45. The largest absolute Gasteiger partial charge is 0.475 e. The highest BCUT2D eigenvalue weighted by atomic mass is 16.5. The van der Waals surface area contributed by atoms with Gasteiger partial charge in [-0.2, -0.15) is 0 Å². The van der Waals surface area contributed by atoms with Crippen molar-refractivity contribution in [2.24, 2.45) is 4.99 Å². The first-order valence-electron chi connectivity index (χ1n) is 7.15. The molecule has 0 N–H and O–H groups in total. The molecule has 2 heteroatoms. The Morgan fingerprint density at radius 3 is 2.43 bits per heavy atom. The lowest BCUT2D eigenvalue weighted by Crippen LogP contribution is -2.01. The number of ether oxygens (including phenoxy) is 1. The minimum atomic E-state index is 0.104. The van der Waals surface area contributed by atoms with Crippen LogP contribution in [0.2, 0.25) is 0 Å². The molecular weight excluding hydrogens is 258 g/mol. The van der Waals surface area contributed by atoms with Crippen LogP contribution in [0.1, 0.15) is 17.2 Å². The Kier molecular flexibility index (Phi) is 2.93. The molecule has 1 atom stereocenters. The first-order valence-corrected chi connectivity index (χ1v) is 7.15. The standard InChI is InChI=1S/C19H15NO/c1-2-7-15(8-3-1)18-13-21-19(20-18)17-11-10-14-6-4-5-9-16(14)12-17/h1-12,18H,13H2. The maximum absolute atomic E-state index is 5.80. The van der Waals surface area contributed by atoms with Gasteiger partial charge in [-0.15, -0.1) is 0 Å². The molecule has 0 aliphatic carbocycles. The lowest BCUT2D eigenvalue weighted by Gasteiger charge is -2.03. The van der Waals surface area contributed by atoms with Gasteiger partial charge >= 0.3 is 0 Å². The van der Waals surface area contributed by atoms with Crippen LogP contribution in [0, 0.1) is 0 Å². The van der Waals surface area contributed by atoms with Gasteiger partial charge in [-0.25, -0.2) is 4.99 Å². The van der Waals surface area contributed by atoms with Crippen molar-refractivity contribution in [1.82, 2.24) is 0 Å². The van der Waals surface area contributed by atoms with Gasteiger partial charge in [0.2, 0.25) is 5.90 Å². The Labute approximate surface area is 123 Å². The van der Waals surface area contributed by atoms with Crippen LogP contribution in [0.3, 0.4) is 0 Å². The van der Waals surface area contributed by atoms with Gasteiger partial charge in [0.15, 0.2) is 0 Å². The summed E-state index contributed by atoms with van der Waals surface area (Å²) < 4.78 is 5.80. The van der Waals surface area contributed by atoms with Gasteiger partial charge in [0, 0.05) is 5.56 Å². The van der Waals surface area contributed by atoms with E-state index in [0.717, 1.165) is 11.5 Å². The van der Waals surface area contributed by atoms with Gasteiger partial charge < -0.3 is 4.74 Å². The van der Waals surface area contributed by atoms with Gasteiger partial charge in [0.05, 0.1) is 0 Å². The summed E-state index contributed by atoms with van der Waals surface area (Å²) in [6, 6.07) is 25.1. The van der Waals surface area contributed by atoms with Crippen molar-refractivity contribution in [3.05, 3.63) is 83.9 Å². The fourth-order valence-corrected chi connectivity index (χ4v) is 2.70. The number of hydrogen-bond donors (Lipinski definition) is 0. The average Bonchev–Trinajstić information content (AvgIpc) is 3.05. The summed E-state index contributed by atoms with van der Waals surface area (Å²) in [5.41, 5.74) is 2.25. The molecule has 1 heterocycles. The molecule has 3 aromatic rings. The number of rotatable bonds is 2. The van der Waals surface area contributed by atoms with Crippen LogP contribution in [0.4, 0.5) is 0 Å². The van der Waals surface area contributed by atoms with Gasteiger partial charge in [-0.3, -0.25) is 0 Å². The van der Waals surface area contributed by atoms with Crippen LogP contribution < -0.4 is 0 Å². The molecule has 0 aromatic heterocycles. The minimum absolute atomic E-state index is 0.104. The van der Waals surface area contributed by atoms with Crippen molar-refractivity contribution >= 4 is 16.7 Å². The van der Waals surface area contributed by atoms with Gasteiger partial charge in [-0.1, -0.05) is 60.7 Å². The predicted octanol–water partition coefficient (Wildman–Crippen LogP) is 4.36. The third-order valence-corrected chi connectivity index (χ3v) is 3.83.